The third-order valence-electron chi connectivity index (χ3n) is 5.87. The molecule has 8 nitrogen and oxygen atoms in total. The van der Waals surface area contributed by atoms with Crippen LogP contribution < -0.4 is 10.2 Å². The second-order valence-electron chi connectivity index (χ2n) is 9.48. The molecule has 0 radical (unpaired) electrons. The van der Waals surface area contributed by atoms with Gasteiger partial charge < -0.3 is 24.8 Å². The molecule has 3 aromatic heterocycles. The summed E-state index contributed by atoms with van der Waals surface area (Å²) in [6, 6.07) is 4.95. The van der Waals surface area contributed by atoms with Crippen molar-refractivity contribution in [2.45, 2.75) is 57.4 Å². The molecule has 1 aliphatic heterocycles. The Morgan fingerprint density at radius 3 is 2.69 bits per heavy atom. The Balaban J connectivity index is 1.68. The molecule has 35 heavy (non-hydrogen) atoms. The number of aromatic nitrogens is 3. The van der Waals surface area contributed by atoms with E-state index in [0.717, 1.165) is 24.2 Å². The quantitative estimate of drug-likeness (QED) is 0.486. The Morgan fingerprint density at radius 1 is 1.23 bits per heavy atom. The number of halogens is 3. The number of nitrogens with one attached hydrogen (secondary N) is 1. The third kappa shape index (κ3) is 6.09. The van der Waals surface area contributed by atoms with Crippen molar-refractivity contribution in [1.82, 2.24) is 14.4 Å². The van der Waals surface area contributed by atoms with Crippen LogP contribution in [0.5, 0.6) is 0 Å². The van der Waals surface area contributed by atoms with Gasteiger partial charge in [-0.3, -0.25) is 4.79 Å². The summed E-state index contributed by atoms with van der Waals surface area (Å²) in [5, 5.41) is 22.9. The SMILES string of the molecule is CC(C)(O)CCc1cn2cc(NC(=O)c3cccc(C(F)(F)F)n3)c(N3CCCC(O)C3)cc2n1. The number of fused-ring (bicyclic) bond motifs is 1. The first kappa shape index (κ1) is 24.9. The number of piperidine rings is 1. The highest BCUT2D eigenvalue weighted by atomic mass is 19.4. The Hall–Kier alpha value is -3.18. The zero-order valence-corrected chi connectivity index (χ0v) is 19.5. The molecule has 1 aliphatic rings. The molecule has 1 atom stereocenters. The van der Waals surface area contributed by atoms with Gasteiger partial charge in [-0.25, -0.2) is 9.97 Å². The van der Waals surface area contributed by atoms with Gasteiger partial charge in [-0.15, -0.1) is 0 Å². The molecule has 4 rings (SSSR count). The number of carbonyl (C=O) groups is 1. The molecule has 0 bridgehead atoms. The van der Waals surface area contributed by atoms with Crippen LogP contribution in [0, 0.1) is 0 Å². The first-order valence-corrected chi connectivity index (χ1v) is 11.4. The molecular weight excluding hydrogens is 463 g/mol. The minimum atomic E-state index is -4.67. The van der Waals surface area contributed by atoms with Gasteiger partial charge in [-0.1, -0.05) is 6.07 Å². The van der Waals surface area contributed by atoms with Crippen LogP contribution in [0.3, 0.4) is 0 Å². The molecule has 1 amide bonds. The number of imidazole rings is 1. The molecule has 188 valence electrons. The number of rotatable bonds is 6. The molecule has 1 unspecified atom stereocenters. The van der Waals surface area contributed by atoms with Crippen molar-refractivity contribution < 1.29 is 28.2 Å². The van der Waals surface area contributed by atoms with Gasteiger partial charge in [0, 0.05) is 31.5 Å². The van der Waals surface area contributed by atoms with Crippen molar-refractivity contribution in [3.05, 3.63) is 53.7 Å². The summed E-state index contributed by atoms with van der Waals surface area (Å²) in [6.45, 7) is 4.44. The topological polar surface area (TPSA) is 103 Å². The van der Waals surface area contributed by atoms with Crippen LogP contribution in [-0.2, 0) is 12.6 Å². The molecule has 11 heteroatoms. The van der Waals surface area contributed by atoms with Gasteiger partial charge in [-0.05, 0) is 51.7 Å². The zero-order valence-electron chi connectivity index (χ0n) is 19.5. The highest BCUT2D eigenvalue weighted by molar-refractivity contribution is 6.04. The summed E-state index contributed by atoms with van der Waals surface area (Å²) in [4.78, 5) is 22.9. The van der Waals surface area contributed by atoms with E-state index in [2.05, 4.69) is 15.3 Å². The number of hydrogen-bond acceptors (Lipinski definition) is 6. The van der Waals surface area contributed by atoms with E-state index in [0.29, 0.717) is 49.4 Å². The number of amides is 1. The summed E-state index contributed by atoms with van der Waals surface area (Å²) in [5.41, 5.74) is -0.0199. The van der Waals surface area contributed by atoms with Crippen LogP contribution in [-0.4, -0.2) is 55.3 Å². The van der Waals surface area contributed by atoms with E-state index in [4.69, 9.17) is 0 Å². The lowest BCUT2D eigenvalue weighted by molar-refractivity contribution is -0.141. The first-order valence-electron chi connectivity index (χ1n) is 11.4. The molecule has 0 aromatic carbocycles. The number of aliphatic hydroxyl groups excluding tert-OH is 1. The number of aliphatic hydroxyl groups is 2. The molecule has 1 saturated heterocycles. The smallest absolute Gasteiger partial charge is 0.391 e. The minimum Gasteiger partial charge on any atom is -0.391 e. The lowest BCUT2D eigenvalue weighted by Crippen LogP contribution is -2.38. The van der Waals surface area contributed by atoms with Crippen molar-refractivity contribution in [2.24, 2.45) is 0 Å². The monoisotopic (exact) mass is 491 g/mol. The van der Waals surface area contributed by atoms with E-state index < -0.39 is 29.5 Å². The molecule has 0 saturated carbocycles. The average Bonchev–Trinajstić information content (AvgIpc) is 3.18. The van der Waals surface area contributed by atoms with Gasteiger partial charge in [0.2, 0.25) is 0 Å². The molecule has 3 aromatic rings. The maximum Gasteiger partial charge on any atom is 0.433 e. The molecule has 0 spiro atoms. The first-order chi connectivity index (χ1) is 16.4. The summed E-state index contributed by atoms with van der Waals surface area (Å²) in [5.74, 6) is -0.781. The third-order valence-corrected chi connectivity index (χ3v) is 5.87. The Bertz CT molecular complexity index is 1220. The summed E-state index contributed by atoms with van der Waals surface area (Å²) in [6.07, 6.45) is 0.702. The van der Waals surface area contributed by atoms with Gasteiger partial charge in [0.15, 0.2) is 0 Å². The maximum atomic E-state index is 13.1. The van der Waals surface area contributed by atoms with E-state index >= 15 is 0 Å². The normalized spacial score (nSPS) is 17.1. The fraction of sp³-hybridized carbons (Fsp3) is 0.458. The van der Waals surface area contributed by atoms with Gasteiger partial charge in [-0.2, -0.15) is 13.2 Å². The fourth-order valence-corrected chi connectivity index (χ4v) is 4.07. The van der Waals surface area contributed by atoms with Crippen LogP contribution in [0.25, 0.3) is 5.65 Å². The highest BCUT2D eigenvalue weighted by Gasteiger charge is 2.33. The lowest BCUT2D eigenvalue weighted by Gasteiger charge is -2.33. The van der Waals surface area contributed by atoms with Crippen molar-refractivity contribution in [3.8, 4) is 0 Å². The van der Waals surface area contributed by atoms with E-state index in [-0.39, 0.29) is 5.69 Å². The minimum absolute atomic E-state index is 0.354. The van der Waals surface area contributed by atoms with Crippen LogP contribution >= 0.6 is 0 Å². The number of aryl methyl sites for hydroxylation is 1. The predicted octanol–water partition coefficient (Wildman–Crippen LogP) is 3.67. The molecule has 4 heterocycles. The van der Waals surface area contributed by atoms with Crippen LogP contribution in [0.1, 0.15) is 55.0 Å². The highest BCUT2D eigenvalue weighted by Crippen LogP contribution is 2.32. The number of alkyl halides is 3. The Labute approximate surface area is 200 Å². The number of β-amino-alcohol motifs (C(OH)–C–C–N with tert-alkyl or cyclic N) is 1. The van der Waals surface area contributed by atoms with Crippen LogP contribution in [0.15, 0.2) is 36.7 Å². The number of nitrogens with zero attached hydrogens (tertiary/aromatic N) is 4. The van der Waals surface area contributed by atoms with Crippen molar-refractivity contribution >= 4 is 22.9 Å². The maximum absolute atomic E-state index is 13.1. The summed E-state index contributed by atoms with van der Waals surface area (Å²) >= 11 is 0. The van der Waals surface area contributed by atoms with E-state index in [1.165, 1.54) is 6.07 Å². The number of pyridine rings is 2. The summed E-state index contributed by atoms with van der Waals surface area (Å²) in [7, 11) is 0. The number of carbonyl (C=O) groups excluding carboxylic acids is 1. The van der Waals surface area contributed by atoms with Crippen molar-refractivity contribution in [3.63, 3.8) is 0 Å². The predicted molar refractivity (Wildman–Crippen MR) is 124 cm³/mol. The standard InChI is InChI=1S/C24H28F3N5O3/c1-23(2,35)9-8-15-12-32-14-18(19(11-21(32)28-15)31-10-4-5-16(33)13-31)30-22(34)17-6-3-7-20(29-17)24(25,26)27/h3,6-7,11-12,14,16,33,35H,4-5,8-10,13H2,1-2H3,(H,30,34). The van der Waals surface area contributed by atoms with Gasteiger partial charge in [0.1, 0.15) is 17.0 Å². The van der Waals surface area contributed by atoms with Crippen molar-refractivity contribution in [2.75, 3.05) is 23.3 Å². The van der Waals surface area contributed by atoms with Gasteiger partial charge in [0.05, 0.1) is 28.8 Å². The molecule has 0 aliphatic carbocycles. The lowest BCUT2D eigenvalue weighted by atomic mass is 10.0. The van der Waals surface area contributed by atoms with Gasteiger partial charge in [0.25, 0.3) is 5.91 Å². The van der Waals surface area contributed by atoms with E-state index in [9.17, 15) is 28.2 Å². The van der Waals surface area contributed by atoms with Crippen LogP contribution in [0.4, 0.5) is 24.5 Å². The largest absolute Gasteiger partial charge is 0.433 e. The second-order valence-corrected chi connectivity index (χ2v) is 9.48. The van der Waals surface area contributed by atoms with Gasteiger partial charge >= 0.3 is 6.18 Å². The molecule has 1 fully saturated rings. The zero-order chi connectivity index (χ0) is 25.4. The fourth-order valence-electron chi connectivity index (χ4n) is 4.07. The average molecular weight is 492 g/mol. The van der Waals surface area contributed by atoms with Crippen LogP contribution in [0.2, 0.25) is 0 Å². The molecular formula is C24H28F3N5O3. The number of hydrogen-bond donors (Lipinski definition) is 3. The van der Waals surface area contributed by atoms with E-state index in [1.807, 2.05) is 4.90 Å². The van der Waals surface area contributed by atoms with Crippen molar-refractivity contribution in [1.29, 1.82) is 0 Å². The Morgan fingerprint density at radius 2 is 2.00 bits per heavy atom. The second kappa shape index (κ2) is 9.46. The number of anilines is 2. The van der Waals surface area contributed by atoms with E-state index in [1.54, 1.807) is 36.7 Å². The molecule has 3 N–H and O–H groups in total. The summed E-state index contributed by atoms with van der Waals surface area (Å²) < 4.78 is 40.9. The Kier molecular flexibility index (Phi) is 6.74.